The molecule has 0 aromatic carbocycles. The van der Waals surface area contributed by atoms with Crippen molar-refractivity contribution in [1.82, 2.24) is 96.9 Å². The Morgan fingerprint density at radius 3 is 1.15 bits per heavy atom. The summed E-state index contributed by atoms with van der Waals surface area (Å²) in [5.41, 5.74) is 22.3. The van der Waals surface area contributed by atoms with Gasteiger partial charge in [0.1, 0.15) is 48.3 Å². The third-order valence-electron chi connectivity index (χ3n) is 23.4. The first-order valence-electron chi connectivity index (χ1n) is 42.6. The number of aliphatic imine (C=N–C) groups is 2. The first kappa shape index (κ1) is 107. The third kappa shape index (κ3) is 35.9. The van der Waals surface area contributed by atoms with Gasteiger partial charge in [0.2, 0.25) is 65.0 Å². The molecule has 0 aliphatic carbocycles. The van der Waals surface area contributed by atoms with Crippen molar-refractivity contribution in [3.63, 3.8) is 0 Å². The number of halogens is 1. The van der Waals surface area contributed by atoms with E-state index >= 15 is 0 Å². The van der Waals surface area contributed by atoms with Crippen LogP contribution >= 0.6 is 0 Å². The number of carbonyl (C=O) groups is 15. The van der Waals surface area contributed by atoms with Crippen molar-refractivity contribution >= 4 is 101 Å². The fourth-order valence-corrected chi connectivity index (χ4v) is 16.5. The first-order valence-corrected chi connectivity index (χ1v) is 42.6. The van der Waals surface area contributed by atoms with E-state index in [1.54, 1.807) is 40.4 Å². The van der Waals surface area contributed by atoms with E-state index < -0.39 is 169 Å². The number of nitrogens with zero attached hydrogens (tertiary/aromatic N) is 12. The van der Waals surface area contributed by atoms with Crippen molar-refractivity contribution in [3.8, 4) is 0 Å². The van der Waals surface area contributed by atoms with Crippen LogP contribution in [0.15, 0.2) is 9.98 Å². The molecule has 46 heteroatoms. The molecule has 8 fully saturated rings. The van der Waals surface area contributed by atoms with Crippen molar-refractivity contribution in [2.45, 2.75) is 185 Å². The summed E-state index contributed by atoms with van der Waals surface area (Å²) in [6.07, 6.45) is 3.86. The van der Waals surface area contributed by atoms with Gasteiger partial charge in [-0.2, -0.15) is 0 Å². The molecule has 11 amide bonds. The molecule has 44 nitrogen and oxygen atoms in total. The number of amides is 11. The Hall–Kier alpha value is -8.32. The van der Waals surface area contributed by atoms with Crippen LogP contribution in [0.3, 0.4) is 0 Å². The Morgan fingerprint density at radius 2 is 0.805 bits per heavy atom. The molecule has 0 aromatic heterocycles. The number of hydrogen-bond donors (Lipinski definition) is 14. The van der Waals surface area contributed by atoms with Crippen LogP contribution in [0.4, 0.5) is 4.70 Å². The number of nitrogens with two attached hydrogens (primary N) is 4. The van der Waals surface area contributed by atoms with E-state index in [2.05, 4.69) is 98.2 Å². The largest absolute Gasteiger partial charge is 3.00 e. The minimum atomic E-state index is -1.34. The summed E-state index contributed by atoms with van der Waals surface area (Å²) in [5, 5.41) is 67.7. The summed E-state index contributed by atoms with van der Waals surface area (Å²) in [7, 11) is 0. The molecule has 695 valence electrons. The zero-order valence-corrected chi connectivity index (χ0v) is 74.1. The molecule has 0 saturated carbocycles. The number of amidine groups is 1. The average molecular weight is 1890 g/mol. The van der Waals surface area contributed by atoms with Crippen molar-refractivity contribution in [2.75, 3.05) is 190 Å². The molecule has 0 unspecified atom stereocenters. The van der Waals surface area contributed by atoms with Gasteiger partial charge in [-0.3, -0.25) is 96.7 Å². The molecule has 12 atom stereocenters. The van der Waals surface area contributed by atoms with E-state index in [-0.39, 0.29) is 192 Å². The molecule has 0 spiro atoms. The van der Waals surface area contributed by atoms with Crippen molar-refractivity contribution in [2.24, 2.45) is 44.8 Å². The second-order valence-electron chi connectivity index (χ2n) is 31.9. The number of aliphatic carboxylic acids is 4. The zero-order valence-electron chi connectivity index (χ0n) is 71.9. The van der Waals surface area contributed by atoms with Gasteiger partial charge in [-0.15, -0.1) is 0 Å². The smallest absolute Gasteiger partial charge is 0.549 e. The van der Waals surface area contributed by atoms with Gasteiger partial charge in [0.15, 0.2) is 5.96 Å². The van der Waals surface area contributed by atoms with Gasteiger partial charge in [0.25, 0.3) is 0 Å². The van der Waals surface area contributed by atoms with Gasteiger partial charge in [-0.1, -0.05) is 34.6 Å². The van der Waals surface area contributed by atoms with Gasteiger partial charge in [-0.25, -0.2) is 0 Å². The summed E-state index contributed by atoms with van der Waals surface area (Å²) >= 11 is 0. The van der Waals surface area contributed by atoms with Crippen LogP contribution in [0.25, 0.3) is 0 Å². The monoisotopic (exact) mass is 1890 g/mol. The molecule has 123 heavy (non-hydrogen) atoms. The number of carbonyl (C=O) groups excluding carboxylic acids is 14. The van der Waals surface area contributed by atoms with Crippen LogP contribution in [-0.4, -0.2) is 405 Å². The first-order chi connectivity index (χ1) is 57.7. The van der Waals surface area contributed by atoms with Crippen LogP contribution in [0.1, 0.15) is 125 Å². The van der Waals surface area contributed by atoms with E-state index in [0.29, 0.717) is 57.3 Å². The summed E-state index contributed by atoms with van der Waals surface area (Å²) in [5.74, 6) is -11.6. The van der Waals surface area contributed by atoms with Crippen LogP contribution in [-0.2, 0) is 71.9 Å². The second-order valence-corrected chi connectivity index (χ2v) is 31.9. The normalized spacial score (nSPS) is 27.0. The molecular formula is C77H133FGdN25O19. The Kier molecular flexibility index (Phi) is 48.0. The van der Waals surface area contributed by atoms with E-state index in [9.17, 15) is 87.2 Å². The SMILES string of the molecule is CCN1CCN(CC)CCN(CC(=O)O)CCN(CC)CC1.CC[C@@H]1NC(=O)CNC(=O)[C@H](CCCN=C(C)N)NC(=O)[C@@H]2CC[C@H]3C[C@@H](CN)[C@@H](NC1=O)C(=O)N32.CC[C@@H]1NC(=O)CNC(=O)[C@H](CCCN=C(N)N)NC(=O)[C@@H]2CC[C@H]3C[C@@H](CC(=O)NCN4CCN(CC(=O)[O-])CCN(CC(=O)[O-])CCN(CC(=O)[O-])CC4)[C@@H](NC1=O)C(=O)N32.F.[Gd+3]. The molecule has 8 aliphatic heterocycles. The average Bonchev–Trinajstić information content (AvgIpc) is 1.67. The maximum Gasteiger partial charge on any atom is 3.00 e. The fourth-order valence-electron chi connectivity index (χ4n) is 16.5. The fraction of sp³-hybridized carbons (Fsp3) is 0.779. The Morgan fingerprint density at radius 1 is 0.455 bits per heavy atom. The molecule has 1 radical (unpaired) electrons. The molecule has 8 saturated heterocycles. The van der Waals surface area contributed by atoms with Crippen LogP contribution in [0.2, 0.25) is 0 Å². The van der Waals surface area contributed by atoms with E-state index in [1.165, 1.54) is 9.80 Å². The van der Waals surface area contributed by atoms with Crippen molar-refractivity contribution in [3.05, 3.63) is 0 Å². The minimum absolute atomic E-state index is 0. The quantitative estimate of drug-likeness (QED) is 0.0217. The van der Waals surface area contributed by atoms with Gasteiger partial charge in [0.05, 0.1) is 50.0 Å². The predicted octanol–water partition coefficient (Wildman–Crippen LogP) is -11.7. The van der Waals surface area contributed by atoms with E-state index in [0.717, 1.165) is 72.0 Å². The maximum absolute atomic E-state index is 14.4. The molecule has 8 aliphatic rings. The Bertz CT molecular complexity index is 3520. The van der Waals surface area contributed by atoms with Crippen LogP contribution in [0, 0.1) is 51.8 Å². The molecule has 8 heterocycles. The van der Waals surface area contributed by atoms with Crippen LogP contribution in [0.5, 0.6) is 0 Å². The number of hydrogen-bond acceptors (Lipinski definition) is 29. The van der Waals surface area contributed by atoms with Gasteiger partial charge >= 0.3 is 45.9 Å². The number of fused-ring (bicyclic) bond motifs is 2. The second kappa shape index (κ2) is 55.2. The third-order valence-corrected chi connectivity index (χ3v) is 23.4. The van der Waals surface area contributed by atoms with Crippen molar-refractivity contribution in [1.29, 1.82) is 0 Å². The number of carboxylic acid groups (broad SMARTS) is 4. The molecule has 8 rings (SSSR count). The van der Waals surface area contributed by atoms with Crippen molar-refractivity contribution < 1.29 is 137 Å². The number of nitrogens with one attached hydrogen (secondary N) is 9. The Balaban J connectivity index is 0.000000442. The van der Waals surface area contributed by atoms with E-state index in [1.807, 2.05) is 0 Å². The van der Waals surface area contributed by atoms with Crippen LogP contribution < -0.4 is 86.1 Å². The van der Waals surface area contributed by atoms with E-state index in [4.69, 9.17) is 28.0 Å². The topological polar surface area (TPSA) is 615 Å². The maximum atomic E-state index is 14.4. The number of piperidine rings is 2. The van der Waals surface area contributed by atoms with Gasteiger partial charge in [-0.05, 0) is 116 Å². The number of guanidine groups is 1. The molecule has 0 aromatic rings. The summed E-state index contributed by atoms with van der Waals surface area (Å²) in [4.78, 5) is 219. The molecule has 4 bridgehead atoms. The van der Waals surface area contributed by atoms with Gasteiger partial charge in [0, 0.05) is 162 Å². The number of rotatable bonds is 26. The number of likely N-dealkylation sites (N-methyl/N-ethyl adjacent to an activating group) is 3. The molecule has 18 N–H and O–H groups in total. The predicted molar refractivity (Wildman–Crippen MR) is 439 cm³/mol. The summed E-state index contributed by atoms with van der Waals surface area (Å²) in [6.45, 7) is 22.6. The molecular weight excluding hydrogens is 1760 g/mol. The zero-order chi connectivity index (χ0) is 89.0. The minimum Gasteiger partial charge on any atom is -0.549 e. The summed E-state index contributed by atoms with van der Waals surface area (Å²) in [6, 6.07) is -8.57. The summed E-state index contributed by atoms with van der Waals surface area (Å²) < 4.78 is 0. The standard InChI is InChI=1S/C38H63N13O12.C23H38N8O5.C16H34N4O2.FH.Gd/c1-2-25-35(61)46-33-23(16-24-5-6-27(51(24)37(33)63)36(62)45-26(4-3-7-41-38(39)40)34(60)42-18-29(53)44-25)17-28(52)43-22-50-14-12-48(20-31(56)57)10-8-47(19-30(54)55)9-11-49(13-15-50)21-32(58)59;1-3-15-21(34)30-19-13(10-24)9-14-6-7-17(31(14)23(19)36)22(35)29-16(5-4-8-26-12(2)25)20(33)27-11-18(32)28-15;1-4-17-7-9-18(5-2)11-13-20(15-16(21)22)14-12-19(6-3)10-8-17;;/h23-27,33H,2-22H2,1H3,(H,42,60)(H,43,52)(H,44,53)(H,45,62)(H,46,61)(H,54,55)(H,56,57)(H,58,59)(H4,39,40,41);13-17,19H,3-11,24H2,1-2H3,(H2,25,26)(H,27,33)(H,28,32)(H,29,35)(H,30,34);4-15H2,1-3H3,(H,21,22);1H;/q;;;;+3/p-3/t23-,24-,25-,26-,27-,33+;13-,14-,15-,16-,17-,19+;;;/m00.../s1. The Labute approximate surface area is 750 Å². The number of carboxylic acids is 4. The van der Waals surface area contributed by atoms with Gasteiger partial charge < -0.3 is 130 Å².